The molecule has 2 atom stereocenters. The molecule has 14 heavy (non-hydrogen) atoms. The summed E-state index contributed by atoms with van der Waals surface area (Å²) in [5, 5.41) is 9.18. The molecule has 82 valence electrons. The van der Waals surface area contributed by atoms with Crippen molar-refractivity contribution < 1.29 is 14.6 Å². The molecule has 1 saturated heterocycles. The number of aliphatic hydroxyl groups excluding tert-OH is 1. The number of hydrogen-bond acceptors (Lipinski definition) is 3. The fourth-order valence-corrected chi connectivity index (χ4v) is 1.83. The molecule has 0 aromatic rings. The number of ether oxygens (including phenoxy) is 1. The van der Waals surface area contributed by atoms with Gasteiger partial charge in [0.15, 0.2) is 0 Å². The molecule has 1 rings (SSSR count). The summed E-state index contributed by atoms with van der Waals surface area (Å²) in [6, 6.07) is -0.146. The van der Waals surface area contributed by atoms with Gasteiger partial charge in [-0.1, -0.05) is 19.8 Å². The molecule has 2 unspecified atom stereocenters. The summed E-state index contributed by atoms with van der Waals surface area (Å²) in [5.41, 5.74) is 0. The number of morpholine rings is 1. The average molecular weight is 201 g/mol. The van der Waals surface area contributed by atoms with Crippen LogP contribution < -0.4 is 0 Å². The maximum Gasteiger partial charge on any atom is 0.210 e. The zero-order valence-corrected chi connectivity index (χ0v) is 8.69. The number of amides is 1. The van der Waals surface area contributed by atoms with Gasteiger partial charge < -0.3 is 14.7 Å². The van der Waals surface area contributed by atoms with Gasteiger partial charge in [0.25, 0.3) is 0 Å². The molecule has 1 fully saturated rings. The molecular formula is C10H19NO3. The largest absolute Gasteiger partial charge is 0.394 e. The molecule has 0 spiro atoms. The van der Waals surface area contributed by atoms with Crippen LogP contribution in [0.3, 0.4) is 0 Å². The van der Waals surface area contributed by atoms with Crippen LogP contribution in [-0.2, 0) is 9.53 Å². The van der Waals surface area contributed by atoms with Crippen LogP contribution in [0.15, 0.2) is 0 Å². The average Bonchev–Trinajstić information content (AvgIpc) is 2.25. The van der Waals surface area contributed by atoms with E-state index in [4.69, 9.17) is 4.74 Å². The summed E-state index contributed by atoms with van der Waals surface area (Å²) in [4.78, 5) is 12.4. The third kappa shape index (κ3) is 2.69. The lowest BCUT2D eigenvalue weighted by Crippen LogP contribution is -2.52. The third-order valence-electron chi connectivity index (χ3n) is 2.70. The van der Waals surface area contributed by atoms with E-state index in [1.54, 1.807) is 4.90 Å². The predicted molar refractivity (Wildman–Crippen MR) is 52.9 cm³/mol. The second-order valence-corrected chi connectivity index (χ2v) is 3.64. The Morgan fingerprint density at radius 3 is 3.00 bits per heavy atom. The van der Waals surface area contributed by atoms with Crippen LogP contribution in [0.5, 0.6) is 0 Å². The first-order valence-electron chi connectivity index (χ1n) is 5.27. The number of unbranched alkanes of at least 4 members (excludes halogenated alkanes) is 1. The van der Waals surface area contributed by atoms with Gasteiger partial charge in [0.2, 0.25) is 6.41 Å². The molecule has 4 nitrogen and oxygen atoms in total. The van der Waals surface area contributed by atoms with E-state index in [1.165, 1.54) is 0 Å². The summed E-state index contributed by atoms with van der Waals surface area (Å²) in [6.07, 6.45) is 3.93. The van der Waals surface area contributed by atoms with E-state index >= 15 is 0 Å². The van der Waals surface area contributed by atoms with Gasteiger partial charge >= 0.3 is 0 Å². The van der Waals surface area contributed by atoms with E-state index in [9.17, 15) is 9.90 Å². The monoisotopic (exact) mass is 201 g/mol. The van der Waals surface area contributed by atoms with Crippen molar-refractivity contribution >= 4 is 6.41 Å². The van der Waals surface area contributed by atoms with E-state index in [0.717, 1.165) is 25.7 Å². The first-order chi connectivity index (χ1) is 6.83. The SMILES string of the molecule is CCCCC1OCCN(C=O)C1CO. The van der Waals surface area contributed by atoms with Gasteiger partial charge in [0, 0.05) is 6.54 Å². The number of aliphatic hydroxyl groups is 1. The highest BCUT2D eigenvalue weighted by molar-refractivity contribution is 5.48. The quantitative estimate of drug-likeness (QED) is 0.655. The van der Waals surface area contributed by atoms with Gasteiger partial charge in [-0.3, -0.25) is 4.79 Å². The van der Waals surface area contributed by atoms with Crippen LogP contribution in [-0.4, -0.2) is 48.3 Å². The summed E-state index contributed by atoms with van der Waals surface area (Å²) in [6.45, 7) is 3.29. The number of nitrogens with zero attached hydrogens (tertiary/aromatic N) is 1. The maximum atomic E-state index is 10.7. The molecule has 0 aliphatic carbocycles. The molecular weight excluding hydrogens is 182 g/mol. The Labute approximate surface area is 84.8 Å². The van der Waals surface area contributed by atoms with E-state index in [1.807, 2.05) is 0 Å². The lowest BCUT2D eigenvalue weighted by molar-refractivity contribution is -0.136. The van der Waals surface area contributed by atoms with Gasteiger partial charge in [0.05, 0.1) is 25.4 Å². The molecule has 0 radical (unpaired) electrons. The summed E-state index contributed by atoms with van der Waals surface area (Å²) in [5.74, 6) is 0. The van der Waals surface area contributed by atoms with Crippen LogP contribution in [0.1, 0.15) is 26.2 Å². The predicted octanol–water partition coefficient (Wildman–Crippen LogP) is 0.395. The second-order valence-electron chi connectivity index (χ2n) is 3.64. The van der Waals surface area contributed by atoms with Crippen molar-refractivity contribution in [2.24, 2.45) is 0 Å². The molecule has 0 aromatic heterocycles. The fourth-order valence-electron chi connectivity index (χ4n) is 1.83. The number of hydrogen-bond donors (Lipinski definition) is 1. The van der Waals surface area contributed by atoms with Crippen molar-refractivity contribution in [3.05, 3.63) is 0 Å². The Bertz CT molecular complexity index is 175. The van der Waals surface area contributed by atoms with Crippen molar-refractivity contribution in [1.29, 1.82) is 0 Å². The minimum atomic E-state index is -0.146. The second kappa shape index (κ2) is 5.98. The molecule has 1 amide bonds. The molecule has 4 heteroatoms. The van der Waals surface area contributed by atoms with Gasteiger partial charge in [-0.25, -0.2) is 0 Å². The molecule has 0 saturated carbocycles. The third-order valence-corrected chi connectivity index (χ3v) is 2.70. The molecule has 1 aliphatic heterocycles. The van der Waals surface area contributed by atoms with E-state index in [-0.39, 0.29) is 18.8 Å². The normalized spacial score (nSPS) is 27.7. The van der Waals surface area contributed by atoms with Crippen molar-refractivity contribution in [1.82, 2.24) is 4.90 Å². The highest BCUT2D eigenvalue weighted by Crippen LogP contribution is 2.17. The van der Waals surface area contributed by atoms with Crippen molar-refractivity contribution in [3.8, 4) is 0 Å². The molecule has 1 N–H and O–H groups in total. The standard InChI is InChI=1S/C10H19NO3/c1-2-3-4-10-9(7-12)11(8-13)5-6-14-10/h8-10,12H,2-7H2,1H3. The van der Waals surface area contributed by atoms with Gasteiger partial charge in [0.1, 0.15) is 0 Å². The Kier molecular flexibility index (Phi) is 4.90. The van der Waals surface area contributed by atoms with E-state index in [0.29, 0.717) is 13.2 Å². The van der Waals surface area contributed by atoms with Crippen LogP contribution >= 0.6 is 0 Å². The van der Waals surface area contributed by atoms with Gasteiger partial charge in [-0.2, -0.15) is 0 Å². The Hall–Kier alpha value is -0.610. The Morgan fingerprint density at radius 2 is 2.43 bits per heavy atom. The highest BCUT2D eigenvalue weighted by atomic mass is 16.5. The maximum absolute atomic E-state index is 10.7. The Morgan fingerprint density at radius 1 is 1.64 bits per heavy atom. The number of carbonyl (C=O) groups is 1. The summed E-state index contributed by atoms with van der Waals surface area (Å²) in [7, 11) is 0. The first-order valence-corrected chi connectivity index (χ1v) is 5.27. The minimum absolute atomic E-state index is 0.00682. The van der Waals surface area contributed by atoms with E-state index in [2.05, 4.69) is 6.92 Å². The zero-order valence-electron chi connectivity index (χ0n) is 8.69. The molecule has 1 heterocycles. The minimum Gasteiger partial charge on any atom is -0.394 e. The van der Waals surface area contributed by atoms with E-state index < -0.39 is 0 Å². The smallest absolute Gasteiger partial charge is 0.210 e. The lowest BCUT2D eigenvalue weighted by Gasteiger charge is -2.38. The summed E-state index contributed by atoms with van der Waals surface area (Å²) >= 11 is 0. The van der Waals surface area contributed by atoms with Crippen molar-refractivity contribution in [2.75, 3.05) is 19.8 Å². The van der Waals surface area contributed by atoms with Crippen LogP contribution in [0.4, 0.5) is 0 Å². The topological polar surface area (TPSA) is 49.8 Å². The van der Waals surface area contributed by atoms with Crippen molar-refractivity contribution in [3.63, 3.8) is 0 Å². The van der Waals surface area contributed by atoms with Crippen molar-refractivity contribution in [2.45, 2.75) is 38.3 Å². The highest BCUT2D eigenvalue weighted by Gasteiger charge is 2.30. The molecule has 0 aromatic carbocycles. The molecule has 1 aliphatic rings. The Balaban J connectivity index is 2.49. The number of carbonyl (C=O) groups excluding carboxylic acids is 1. The number of rotatable bonds is 5. The van der Waals surface area contributed by atoms with Gasteiger partial charge in [-0.05, 0) is 6.42 Å². The first kappa shape index (κ1) is 11.5. The van der Waals surface area contributed by atoms with Gasteiger partial charge in [-0.15, -0.1) is 0 Å². The van der Waals surface area contributed by atoms with Crippen LogP contribution in [0.25, 0.3) is 0 Å². The molecule has 0 bridgehead atoms. The van der Waals surface area contributed by atoms with Crippen LogP contribution in [0, 0.1) is 0 Å². The van der Waals surface area contributed by atoms with Crippen LogP contribution in [0.2, 0.25) is 0 Å². The fraction of sp³-hybridized carbons (Fsp3) is 0.900. The summed E-state index contributed by atoms with van der Waals surface area (Å²) < 4.78 is 5.56. The lowest BCUT2D eigenvalue weighted by atomic mass is 10.0. The zero-order chi connectivity index (χ0) is 10.4.